The lowest BCUT2D eigenvalue weighted by molar-refractivity contribution is -0.245. The molecule has 0 saturated carbocycles. The van der Waals surface area contributed by atoms with Crippen molar-refractivity contribution in [3.05, 3.63) is 125 Å². The van der Waals surface area contributed by atoms with Gasteiger partial charge in [0.25, 0.3) is 0 Å². The average Bonchev–Trinajstić information content (AvgIpc) is 3.47. The number of amides is 2. The molecule has 6 rings (SSSR count). The first-order chi connectivity index (χ1) is 20.6. The van der Waals surface area contributed by atoms with Crippen molar-refractivity contribution in [1.82, 2.24) is 10.3 Å². The lowest BCUT2D eigenvalue weighted by Gasteiger charge is -2.36. The number of rotatable bonds is 9. The van der Waals surface area contributed by atoms with E-state index in [-0.39, 0.29) is 24.8 Å². The van der Waals surface area contributed by atoms with Crippen LogP contribution in [-0.4, -0.2) is 28.0 Å². The van der Waals surface area contributed by atoms with Crippen LogP contribution >= 0.6 is 23.1 Å². The molecule has 1 aliphatic heterocycles. The highest BCUT2D eigenvalue weighted by Crippen LogP contribution is 2.40. The van der Waals surface area contributed by atoms with Crippen LogP contribution in [0.4, 0.5) is 10.5 Å². The maximum Gasteiger partial charge on any atom is 0.319 e. The molecule has 214 valence electrons. The molecule has 0 spiro atoms. The number of thiazole rings is 1. The van der Waals surface area contributed by atoms with Crippen molar-refractivity contribution >= 4 is 45.0 Å². The second-order valence-corrected chi connectivity index (χ2v) is 12.3. The zero-order chi connectivity index (χ0) is 28.7. The molecule has 42 heavy (non-hydrogen) atoms. The van der Waals surface area contributed by atoms with Crippen LogP contribution in [-0.2, 0) is 22.6 Å². The van der Waals surface area contributed by atoms with E-state index in [1.165, 1.54) is 4.70 Å². The van der Waals surface area contributed by atoms with E-state index in [4.69, 9.17) is 14.5 Å². The number of thioether (sulfide) groups is 1. The number of benzene rings is 4. The molecule has 4 aromatic carbocycles. The molecule has 1 saturated heterocycles. The third kappa shape index (κ3) is 7.18. The molecule has 1 aromatic heterocycles. The minimum Gasteiger partial charge on any atom is -0.392 e. The van der Waals surface area contributed by atoms with Gasteiger partial charge < -0.3 is 25.2 Å². The van der Waals surface area contributed by atoms with Gasteiger partial charge in [0.05, 0.1) is 29.0 Å². The predicted molar refractivity (Wildman–Crippen MR) is 168 cm³/mol. The molecule has 3 atom stereocenters. The number of para-hydroxylation sites is 1. The zero-order valence-electron chi connectivity index (χ0n) is 22.8. The third-order valence-electron chi connectivity index (χ3n) is 6.99. The van der Waals surface area contributed by atoms with Gasteiger partial charge in [0, 0.05) is 30.0 Å². The van der Waals surface area contributed by atoms with Crippen LogP contribution in [0.3, 0.4) is 0 Å². The summed E-state index contributed by atoms with van der Waals surface area (Å²) in [7, 11) is 0. The van der Waals surface area contributed by atoms with Gasteiger partial charge >= 0.3 is 6.03 Å². The van der Waals surface area contributed by atoms with E-state index in [9.17, 15) is 9.90 Å². The van der Waals surface area contributed by atoms with Gasteiger partial charge in [-0.2, -0.15) is 0 Å². The van der Waals surface area contributed by atoms with Gasteiger partial charge in [0.1, 0.15) is 0 Å². The molecule has 0 radical (unpaired) electrons. The van der Waals surface area contributed by atoms with Crippen molar-refractivity contribution in [2.75, 3.05) is 11.1 Å². The quantitative estimate of drug-likeness (QED) is 0.153. The monoisotopic (exact) mass is 597 g/mol. The van der Waals surface area contributed by atoms with Crippen LogP contribution in [0.1, 0.15) is 41.1 Å². The number of carbonyl (C=O) groups excluding carboxylic acids is 1. The minimum atomic E-state index is -0.614. The number of fused-ring (bicyclic) bond motifs is 1. The molecule has 5 aromatic rings. The average molecular weight is 598 g/mol. The fourth-order valence-corrected chi connectivity index (χ4v) is 6.93. The molecule has 3 N–H and O–H groups in total. The Morgan fingerprint density at radius 3 is 2.52 bits per heavy atom. The molecular weight excluding hydrogens is 567 g/mol. The normalized spacial score (nSPS) is 18.5. The highest BCUT2D eigenvalue weighted by Gasteiger charge is 2.32. The number of carbonyl (C=O) groups is 1. The van der Waals surface area contributed by atoms with Gasteiger partial charge in [0.2, 0.25) is 0 Å². The summed E-state index contributed by atoms with van der Waals surface area (Å²) in [5.41, 5.74) is 5.40. The molecule has 7 nitrogen and oxygen atoms in total. The van der Waals surface area contributed by atoms with Gasteiger partial charge in [0.15, 0.2) is 10.6 Å². The van der Waals surface area contributed by atoms with E-state index in [0.29, 0.717) is 18.7 Å². The summed E-state index contributed by atoms with van der Waals surface area (Å²) < 4.78 is 15.2. The van der Waals surface area contributed by atoms with Crippen LogP contribution in [0.25, 0.3) is 10.2 Å². The Morgan fingerprint density at radius 1 is 0.905 bits per heavy atom. The van der Waals surface area contributed by atoms with Crippen molar-refractivity contribution in [3.63, 3.8) is 0 Å². The molecule has 0 unspecified atom stereocenters. The van der Waals surface area contributed by atoms with Crippen molar-refractivity contribution < 1.29 is 19.4 Å². The number of ether oxygens (including phenoxy) is 2. The highest BCUT2D eigenvalue weighted by atomic mass is 32.2. The second kappa shape index (κ2) is 13.5. The minimum absolute atomic E-state index is 0.00229. The lowest BCUT2D eigenvalue weighted by atomic mass is 10.0. The number of aliphatic hydroxyl groups is 1. The summed E-state index contributed by atoms with van der Waals surface area (Å²) in [5, 5.41) is 15.3. The predicted octanol–water partition coefficient (Wildman–Crippen LogP) is 7.45. The van der Waals surface area contributed by atoms with Crippen LogP contribution in [0, 0.1) is 0 Å². The largest absolute Gasteiger partial charge is 0.392 e. The Morgan fingerprint density at radius 2 is 1.71 bits per heavy atom. The maximum absolute atomic E-state index is 12.6. The fraction of sp³-hybridized carbons (Fsp3) is 0.212. The van der Waals surface area contributed by atoms with Crippen molar-refractivity contribution in [1.29, 1.82) is 0 Å². The van der Waals surface area contributed by atoms with Gasteiger partial charge in [-0.1, -0.05) is 90.6 Å². The number of aliphatic hydroxyl groups excluding tert-OH is 1. The Labute approximate surface area is 252 Å². The molecule has 0 bridgehead atoms. The number of nitrogens with one attached hydrogen (secondary N) is 2. The lowest BCUT2D eigenvalue weighted by Crippen LogP contribution is -2.31. The molecule has 2 amide bonds. The van der Waals surface area contributed by atoms with E-state index in [1.807, 2.05) is 97.1 Å². The summed E-state index contributed by atoms with van der Waals surface area (Å²) in [5.74, 6) is 0.727. The molecule has 1 fully saturated rings. The number of urea groups is 1. The van der Waals surface area contributed by atoms with E-state index in [1.54, 1.807) is 23.1 Å². The topological polar surface area (TPSA) is 92.7 Å². The van der Waals surface area contributed by atoms with Crippen molar-refractivity contribution in [2.45, 2.75) is 42.4 Å². The molecule has 2 heterocycles. The van der Waals surface area contributed by atoms with Crippen LogP contribution in [0.5, 0.6) is 0 Å². The van der Waals surface area contributed by atoms with Crippen molar-refractivity contribution in [2.24, 2.45) is 0 Å². The SMILES string of the molecule is O=C(NCc1ccccc1)Nc1cccc([C@@H]2O[C@H](CSc3nc4ccccc4s3)C[C@H](c3ccc(CO)cc3)O2)c1. The summed E-state index contributed by atoms with van der Waals surface area (Å²) in [6.45, 7) is 0.434. The number of hydrogen-bond donors (Lipinski definition) is 3. The Balaban J connectivity index is 1.16. The second-order valence-electron chi connectivity index (χ2n) is 10.0. The third-order valence-corrected chi connectivity index (χ3v) is 9.31. The van der Waals surface area contributed by atoms with Crippen LogP contribution in [0.2, 0.25) is 0 Å². The van der Waals surface area contributed by atoms with Crippen LogP contribution in [0.15, 0.2) is 107 Å². The first kappa shape index (κ1) is 28.4. The Kier molecular flexibility index (Phi) is 9.12. The van der Waals surface area contributed by atoms with E-state index < -0.39 is 6.29 Å². The Bertz CT molecular complexity index is 1590. The number of anilines is 1. The van der Waals surface area contributed by atoms with E-state index in [0.717, 1.165) is 37.9 Å². The van der Waals surface area contributed by atoms with Crippen LogP contribution < -0.4 is 10.6 Å². The van der Waals surface area contributed by atoms with Gasteiger partial charge in [-0.05, 0) is 41.0 Å². The number of aromatic nitrogens is 1. The molecular formula is C33H31N3O4S2. The smallest absolute Gasteiger partial charge is 0.319 e. The van der Waals surface area contributed by atoms with E-state index in [2.05, 4.69) is 16.7 Å². The fourth-order valence-electron chi connectivity index (χ4n) is 4.82. The number of nitrogens with zero attached hydrogens (tertiary/aromatic N) is 1. The zero-order valence-corrected chi connectivity index (χ0v) is 24.4. The molecule has 1 aliphatic rings. The first-order valence-electron chi connectivity index (χ1n) is 13.8. The number of hydrogen-bond acceptors (Lipinski definition) is 7. The first-order valence-corrected chi connectivity index (χ1v) is 15.6. The standard InChI is InChI=1S/C33H31N3O4S2/c37-20-23-13-15-24(16-14-23)29-18-27(21-41-33-36-28-11-4-5-12-30(28)42-33)39-31(40-29)25-9-6-10-26(17-25)35-32(38)34-19-22-7-2-1-3-8-22/h1-17,27,29,31,37H,18-21H2,(H2,34,35,38)/t27-,29+,31+/m0/s1. The van der Waals surface area contributed by atoms with Gasteiger partial charge in [-0.3, -0.25) is 0 Å². The molecule has 0 aliphatic carbocycles. The van der Waals surface area contributed by atoms with Gasteiger partial charge in [-0.25, -0.2) is 9.78 Å². The summed E-state index contributed by atoms with van der Waals surface area (Å²) in [6, 6.07) is 33.1. The van der Waals surface area contributed by atoms with E-state index >= 15 is 0 Å². The summed E-state index contributed by atoms with van der Waals surface area (Å²) in [6.07, 6.45) is -0.208. The molecule has 9 heteroatoms. The summed E-state index contributed by atoms with van der Waals surface area (Å²) in [4.78, 5) is 17.4. The van der Waals surface area contributed by atoms with Gasteiger partial charge in [-0.15, -0.1) is 11.3 Å². The Hall–Kier alpha value is -3.73. The summed E-state index contributed by atoms with van der Waals surface area (Å²) >= 11 is 3.39. The maximum atomic E-state index is 12.6. The van der Waals surface area contributed by atoms with Crippen molar-refractivity contribution in [3.8, 4) is 0 Å². The highest BCUT2D eigenvalue weighted by molar-refractivity contribution is 8.01.